The number of carboxylic acid groups (broad SMARTS) is 1. The highest BCUT2D eigenvalue weighted by Crippen LogP contribution is 2.49. The Balaban J connectivity index is 1.80. The van der Waals surface area contributed by atoms with E-state index in [9.17, 15) is 14.7 Å². The standard InChI is InChI=1S/C19H17NO3/c21-17-15-7-3-6-14(16(15)11-20-17)13-5-2-1-4-12(13)10-19(8-9-19)18(22)23/h1-7H,8-11H2,(H,20,21)(H,22,23). The molecule has 0 radical (unpaired) electrons. The van der Waals surface area contributed by atoms with E-state index in [2.05, 4.69) is 5.32 Å². The van der Waals surface area contributed by atoms with Gasteiger partial charge in [0.05, 0.1) is 5.41 Å². The van der Waals surface area contributed by atoms with Crippen molar-refractivity contribution in [3.63, 3.8) is 0 Å². The van der Waals surface area contributed by atoms with E-state index >= 15 is 0 Å². The highest BCUT2D eigenvalue weighted by molar-refractivity contribution is 6.00. The van der Waals surface area contributed by atoms with Gasteiger partial charge < -0.3 is 10.4 Å². The summed E-state index contributed by atoms with van der Waals surface area (Å²) in [5.41, 5.74) is 4.23. The largest absolute Gasteiger partial charge is 0.481 e. The first-order valence-electron chi connectivity index (χ1n) is 7.82. The molecule has 116 valence electrons. The van der Waals surface area contributed by atoms with E-state index in [4.69, 9.17) is 0 Å². The molecule has 1 aliphatic carbocycles. The number of carbonyl (C=O) groups excluding carboxylic acids is 1. The summed E-state index contributed by atoms with van der Waals surface area (Å²) >= 11 is 0. The van der Waals surface area contributed by atoms with Gasteiger partial charge in [-0.15, -0.1) is 0 Å². The fraction of sp³-hybridized carbons (Fsp3) is 0.263. The molecule has 0 bridgehead atoms. The minimum atomic E-state index is -0.706. The minimum Gasteiger partial charge on any atom is -0.481 e. The third kappa shape index (κ3) is 2.22. The number of hydrogen-bond acceptors (Lipinski definition) is 2. The number of carboxylic acids is 1. The van der Waals surface area contributed by atoms with E-state index < -0.39 is 11.4 Å². The van der Waals surface area contributed by atoms with Crippen LogP contribution in [0.15, 0.2) is 42.5 Å². The van der Waals surface area contributed by atoms with Crippen LogP contribution in [0.25, 0.3) is 11.1 Å². The summed E-state index contributed by atoms with van der Waals surface area (Å²) in [4.78, 5) is 23.4. The van der Waals surface area contributed by atoms with Gasteiger partial charge in [-0.05, 0) is 47.6 Å². The van der Waals surface area contributed by atoms with E-state index in [1.807, 2.05) is 42.5 Å². The Kier molecular flexibility index (Phi) is 3.01. The van der Waals surface area contributed by atoms with Crippen LogP contribution in [0.5, 0.6) is 0 Å². The summed E-state index contributed by atoms with van der Waals surface area (Å²) < 4.78 is 0. The molecule has 1 aliphatic heterocycles. The topological polar surface area (TPSA) is 66.4 Å². The van der Waals surface area contributed by atoms with E-state index in [1.165, 1.54) is 0 Å². The fourth-order valence-electron chi connectivity index (χ4n) is 3.43. The maximum absolute atomic E-state index is 11.9. The van der Waals surface area contributed by atoms with Crippen molar-refractivity contribution in [1.82, 2.24) is 5.32 Å². The quantitative estimate of drug-likeness (QED) is 0.912. The fourth-order valence-corrected chi connectivity index (χ4v) is 3.43. The summed E-state index contributed by atoms with van der Waals surface area (Å²) in [5.74, 6) is -0.744. The summed E-state index contributed by atoms with van der Waals surface area (Å²) in [7, 11) is 0. The van der Waals surface area contributed by atoms with Crippen LogP contribution in [0.2, 0.25) is 0 Å². The lowest BCUT2D eigenvalue weighted by Crippen LogP contribution is -2.18. The summed E-state index contributed by atoms with van der Waals surface area (Å²) in [5, 5.41) is 12.3. The molecule has 1 amide bonds. The van der Waals surface area contributed by atoms with Crippen LogP contribution in [-0.2, 0) is 17.8 Å². The summed E-state index contributed by atoms with van der Waals surface area (Å²) in [6.45, 7) is 0.531. The number of nitrogens with one attached hydrogen (secondary N) is 1. The van der Waals surface area contributed by atoms with E-state index in [1.54, 1.807) is 0 Å². The molecular weight excluding hydrogens is 290 g/mol. The van der Waals surface area contributed by atoms with E-state index in [0.29, 0.717) is 13.0 Å². The van der Waals surface area contributed by atoms with Gasteiger partial charge in [0.15, 0.2) is 0 Å². The van der Waals surface area contributed by atoms with Gasteiger partial charge in [-0.1, -0.05) is 36.4 Å². The highest BCUT2D eigenvalue weighted by atomic mass is 16.4. The number of aliphatic carboxylic acids is 1. The van der Waals surface area contributed by atoms with Crippen LogP contribution in [-0.4, -0.2) is 17.0 Å². The average molecular weight is 307 g/mol. The average Bonchev–Trinajstić information content (AvgIpc) is 3.25. The van der Waals surface area contributed by atoms with Crippen LogP contribution in [0.3, 0.4) is 0 Å². The lowest BCUT2D eigenvalue weighted by Gasteiger charge is -2.16. The molecule has 2 aromatic rings. The molecule has 23 heavy (non-hydrogen) atoms. The molecule has 2 N–H and O–H groups in total. The molecule has 0 unspecified atom stereocenters. The maximum atomic E-state index is 11.9. The van der Waals surface area contributed by atoms with Gasteiger partial charge >= 0.3 is 5.97 Å². The molecule has 0 aromatic heterocycles. The van der Waals surface area contributed by atoms with Crippen molar-refractivity contribution in [3.8, 4) is 11.1 Å². The number of carbonyl (C=O) groups is 2. The van der Waals surface area contributed by atoms with Crippen molar-refractivity contribution < 1.29 is 14.7 Å². The molecule has 0 atom stereocenters. The molecule has 0 saturated heterocycles. The number of amides is 1. The molecule has 1 saturated carbocycles. The number of benzene rings is 2. The van der Waals surface area contributed by atoms with Crippen molar-refractivity contribution in [2.45, 2.75) is 25.8 Å². The molecule has 4 rings (SSSR count). The van der Waals surface area contributed by atoms with Gasteiger partial charge in [0, 0.05) is 12.1 Å². The smallest absolute Gasteiger partial charge is 0.309 e. The molecule has 4 heteroatoms. The van der Waals surface area contributed by atoms with E-state index in [0.717, 1.165) is 40.7 Å². The zero-order valence-corrected chi connectivity index (χ0v) is 12.6. The highest BCUT2D eigenvalue weighted by Gasteiger charge is 2.50. The van der Waals surface area contributed by atoms with Crippen molar-refractivity contribution in [1.29, 1.82) is 0 Å². The van der Waals surface area contributed by atoms with Crippen molar-refractivity contribution >= 4 is 11.9 Å². The van der Waals surface area contributed by atoms with Crippen LogP contribution >= 0.6 is 0 Å². The maximum Gasteiger partial charge on any atom is 0.309 e. The third-order valence-electron chi connectivity index (χ3n) is 4.99. The van der Waals surface area contributed by atoms with Crippen LogP contribution < -0.4 is 5.32 Å². The third-order valence-corrected chi connectivity index (χ3v) is 4.99. The Morgan fingerprint density at radius 2 is 1.74 bits per heavy atom. The zero-order chi connectivity index (χ0) is 16.0. The first-order chi connectivity index (χ1) is 11.1. The van der Waals surface area contributed by atoms with E-state index in [-0.39, 0.29) is 5.91 Å². The Bertz CT molecular complexity index is 821. The van der Waals surface area contributed by atoms with Gasteiger partial charge in [0.25, 0.3) is 5.91 Å². The molecule has 1 fully saturated rings. The van der Waals surface area contributed by atoms with Gasteiger partial charge in [0.1, 0.15) is 0 Å². The van der Waals surface area contributed by atoms with Crippen molar-refractivity contribution in [2.75, 3.05) is 0 Å². The van der Waals surface area contributed by atoms with Crippen LogP contribution in [0, 0.1) is 5.41 Å². The number of fused-ring (bicyclic) bond motifs is 1. The molecule has 0 spiro atoms. The second kappa shape index (κ2) is 4.95. The predicted molar refractivity (Wildman–Crippen MR) is 86.1 cm³/mol. The molecule has 1 heterocycles. The van der Waals surface area contributed by atoms with Crippen molar-refractivity contribution in [3.05, 3.63) is 59.2 Å². The normalized spacial score (nSPS) is 17.5. The van der Waals surface area contributed by atoms with Gasteiger partial charge in [-0.3, -0.25) is 9.59 Å². The molecule has 2 aliphatic rings. The lowest BCUT2D eigenvalue weighted by molar-refractivity contribution is -0.143. The molecule has 4 nitrogen and oxygen atoms in total. The second-order valence-electron chi connectivity index (χ2n) is 6.43. The first kappa shape index (κ1) is 14.0. The Morgan fingerprint density at radius 1 is 1.04 bits per heavy atom. The molecule has 2 aromatic carbocycles. The zero-order valence-electron chi connectivity index (χ0n) is 12.6. The minimum absolute atomic E-state index is 0.0384. The first-order valence-corrected chi connectivity index (χ1v) is 7.82. The Morgan fingerprint density at radius 3 is 2.48 bits per heavy atom. The van der Waals surface area contributed by atoms with Gasteiger partial charge in [-0.2, -0.15) is 0 Å². The van der Waals surface area contributed by atoms with Gasteiger partial charge in [-0.25, -0.2) is 0 Å². The lowest BCUT2D eigenvalue weighted by atomic mass is 9.88. The summed E-state index contributed by atoms with van der Waals surface area (Å²) in [6.07, 6.45) is 2.02. The van der Waals surface area contributed by atoms with Crippen LogP contribution in [0.4, 0.5) is 0 Å². The number of rotatable bonds is 4. The SMILES string of the molecule is O=C1NCc2c1cccc2-c1ccccc1CC1(C(=O)O)CC1. The predicted octanol–water partition coefficient (Wildman–Crippen LogP) is 3.00. The monoisotopic (exact) mass is 307 g/mol. The number of hydrogen-bond donors (Lipinski definition) is 2. The molecular formula is C19H17NO3. The Hall–Kier alpha value is -2.62. The summed E-state index contributed by atoms with van der Waals surface area (Å²) in [6, 6.07) is 13.7. The van der Waals surface area contributed by atoms with Crippen molar-refractivity contribution in [2.24, 2.45) is 5.41 Å². The van der Waals surface area contributed by atoms with Gasteiger partial charge in [0.2, 0.25) is 0 Å². The second-order valence-corrected chi connectivity index (χ2v) is 6.43. The van der Waals surface area contributed by atoms with Crippen LogP contribution in [0.1, 0.15) is 34.3 Å². The Labute approximate surface area is 134 Å².